The van der Waals surface area contributed by atoms with E-state index < -0.39 is 6.10 Å². The minimum atomic E-state index is -0.456. The standard InChI is InChI=1S/C12H14O2/c1-2-3-11(13)10-5-4-9-6-7-14-12(9)8-10/h2,4-5,8,11,13H,1,3,6-7H2. The molecule has 0 aliphatic carbocycles. The van der Waals surface area contributed by atoms with Crippen LogP contribution in [0, 0.1) is 0 Å². The molecule has 0 aromatic heterocycles. The topological polar surface area (TPSA) is 29.5 Å². The third-order valence-corrected chi connectivity index (χ3v) is 2.49. The molecule has 0 spiro atoms. The predicted octanol–water partition coefficient (Wildman–Crippen LogP) is 2.23. The van der Waals surface area contributed by atoms with Crippen LogP contribution < -0.4 is 4.74 Å². The van der Waals surface area contributed by atoms with Gasteiger partial charge in [-0.25, -0.2) is 0 Å². The van der Waals surface area contributed by atoms with E-state index in [0.29, 0.717) is 6.42 Å². The SMILES string of the molecule is C=CCC(O)c1ccc2c(c1)OCC2. The molecule has 2 nitrogen and oxygen atoms in total. The second kappa shape index (κ2) is 3.84. The zero-order chi connectivity index (χ0) is 9.97. The highest BCUT2D eigenvalue weighted by atomic mass is 16.5. The summed E-state index contributed by atoms with van der Waals surface area (Å²) in [6, 6.07) is 5.92. The van der Waals surface area contributed by atoms with E-state index in [1.807, 2.05) is 18.2 Å². The second-order valence-electron chi connectivity index (χ2n) is 3.51. The van der Waals surface area contributed by atoms with E-state index in [-0.39, 0.29) is 0 Å². The normalized spacial score (nSPS) is 15.8. The molecule has 14 heavy (non-hydrogen) atoms. The highest BCUT2D eigenvalue weighted by molar-refractivity contribution is 5.40. The van der Waals surface area contributed by atoms with E-state index in [4.69, 9.17) is 4.74 Å². The fraction of sp³-hybridized carbons (Fsp3) is 0.333. The quantitative estimate of drug-likeness (QED) is 0.740. The van der Waals surface area contributed by atoms with Gasteiger partial charge >= 0.3 is 0 Å². The Morgan fingerprint density at radius 3 is 3.21 bits per heavy atom. The van der Waals surface area contributed by atoms with Crippen LogP contribution in [-0.4, -0.2) is 11.7 Å². The van der Waals surface area contributed by atoms with Gasteiger partial charge in [0.1, 0.15) is 5.75 Å². The highest BCUT2D eigenvalue weighted by Crippen LogP contribution is 2.29. The number of benzene rings is 1. The Morgan fingerprint density at radius 1 is 1.57 bits per heavy atom. The first-order valence-electron chi connectivity index (χ1n) is 4.86. The molecule has 1 aliphatic rings. The van der Waals surface area contributed by atoms with Crippen molar-refractivity contribution in [2.75, 3.05) is 6.61 Å². The van der Waals surface area contributed by atoms with Crippen molar-refractivity contribution in [3.05, 3.63) is 42.0 Å². The van der Waals surface area contributed by atoms with Gasteiger partial charge in [-0.3, -0.25) is 0 Å². The first-order chi connectivity index (χ1) is 6.81. The predicted molar refractivity (Wildman–Crippen MR) is 55.4 cm³/mol. The summed E-state index contributed by atoms with van der Waals surface area (Å²) in [5.74, 6) is 0.922. The van der Waals surface area contributed by atoms with Gasteiger partial charge in [-0.2, -0.15) is 0 Å². The van der Waals surface area contributed by atoms with E-state index in [1.165, 1.54) is 5.56 Å². The Balaban J connectivity index is 2.23. The lowest BCUT2D eigenvalue weighted by atomic mass is 10.0. The van der Waals surface area contributed by atoms with Crippen molar-refractivity contribution in [1.82, 2.24) is 0 Å². The first kappa shape index (κ1) is 9.28. The molecule has 74 valence electrons. The zero-order valence-electron chi connectivity index (χ0n) is 8.07. The molecule has 0 fully saturated rings. The van der Waals surface area contributed by atoms with Crippen LogP contribution in [0.2, 0.25) is 0 Å². The Hall–Kier alpha value is -1.28. The summed E-state index contributed by atoms with van der Waals surface area (Å²) in [6.07, 6.45) is 2.83. The molecule has 0 amide bonds. The average Bonchev–Trinajstić information content (AvgIpc) is 2.64. The molecule has 1 aliphatic heterocycles. The van der Waals surface area contributed by atoms with Crippen LogP contribution in [0.4, 0.5) is 0 Å². The molecular formula is C12H14O2. The fourth-order valence-corrected chi connectivity index (χ4v) is 1.68. The van der Waals surface area contributed by atoms with Crippen LogP contribution >= 0.6 is 0 Å². The molecular weight excluding hydrogens is 176 g/mol. The molecule has 1 heterocycles. The summed E-state index contributed by atoms with van der Waals surface area (Å²) in [5.41, 5.74) is 2.14. The van der Waals surface area contributed by atoms with Gasteiger partial charge in [0.2, 0.25) is 0 Å². The minimum Gasteiger partial charge on any atom is -0.493 e. The molecule has 1 aromatic carbocycles. The number of aliphatic hydroxyl groups excluding tert-OH is 1. The number of aliphatic hydroxyl groups is 1. The van der Waals surface area contributed by atoms with Gasteiger partial charge in [0.25, 0.3) is 0 Å². The number of hydrogen-bond donors (Lipinski definition) is 1. The van der Waals surface area contributed by atoms with Crippen molar-refractivity contribution in [1.29, 1.82) is 0 Å². The zero-order valence-corrected chi connectivity index (χ0v) is 8.07. The van der Waals surface area contributed by atoms with Crippen molar-refractivity contribution < 1.29 is 9.84 Å². The van der Waals surface area contributed by atoms with Crippen LogP contribution in [0.1, 0.15) is 23.7 Å². The number of ether oxygens (including phenoxy) is 1. The fourth-order valence-electron chi connectivity index (χ4n) is 1.68. The molecule has 2 rings (SSSR count). The Kier molecular flexibility index (Phi) is 2.55. The van der Waals surface area contributed by atoms with Crippen LogP contribution in [-0.2, 0) is 6.42 Å². The summed E-state index contributed by atoms with van der Waals surface area (Å²) < 4.78 is 5.43. The summed E-state index contributed by atoms with van der Waals surface area (Å²) in [7, 11) is 0. The maximum atomic E-state index is 9.72. The van der Waals surface area contributed by atoms with Crippen LogP contribution in [0.5, 0.6) is 5.75 Å². The molecule has 1 N–H and O–H groups in total. The van der Waals surface area contributed by atoms with E-state index >= 15 is 0 Å². The number of fused-ring (bicyclic) bond motifs is 1. The smallest absolute Gasteiger partial charge is 0.122 e. The van der Waals surface area contributed by atoms with Gasteiger partial charge in [0.05, 0.1) is 12.7 Å². The first-order valence-corrected chi connectivity index (χ1v) is 4.86. The lowest BCUT2D eigenvalue weighted by Gasteiger charge is -2.09. The molecule has 0 bridgehead atoms. The monoisotopic (exact) mass is 190 g/mol. The summed E-state index contributed by atoms with van der Waals surface area (Å²) in [5, 5.41) is 9.72. The molecule has 1 unspecified atom stereocenters. The Labute approximate surface area is 83.8 Å². The third kappa shape index (κ3) is 1.66. The van der Waals surface area contributed by atoms with Gasteiger partial charge in [-0.15, -0.1) is 6.58 Å². The average molecular weight is 190 g/mol. The van der Waals surface area contributed by atoms with Gasteiger partial charge < -0.3 is 9.84 Å². The number of hydrogen-bond acceptors (Lipinski definition) is 2. The maximum Gasteiger partial charge on any atom is 0.122 e. The van der Waals surface area contributed by atoms with E-state index in [2.05, 4.69) is 6.58 Å². The van der Waals surface area contributed by atoms with Crippen LogP contribution in [0.3, 0.4) is 0 Å². The molecule has 1 atom stereocenters. The maximum absolute atomic E-state index is 9.72. The van der Waals surface area contributed by atoms with E-state index in [0.717, 1.165) is 24.3 Å². The Bertz CT molecular complexity index is 344. The van der Waals surface area contributed by atoms with Gasteiger partial charge in [0.15, 0.2) is 0 Å². The summed E-state index contributed by atoms with van der Waals surface area (Å²) >= 11 is 0. The summed E-state index contributed by atoms with van der Waals surface area (Å²) in [6.45, 7) is 4.37. The largest absolute Gasteiger partial charge is 0.493 e. The molecule has 2 heteroatoms. The van der Waals surface area contributed by atoms with Crippen LogP contribution in [0.15, 0.2) is 30.9 Å². The van der Waals surface area contributed by atoms with Gasteiger partial charge in [0, 0.05) is 6.42 Å². The molecule has 0 radical (unpaired) electrons. The van der Waals surface area contributed by atoms with Gasteiger partial charge in [-0.05, 0) is 23.6 Å². The lowest BCUT2D eigenvalue weighted by Crippen LogP contribution is -1.95. The van der Waals surface area contributed by atoms with Gasteiger partial charge in [-0.1, -0.05) is 18.2 Å². The van der Waals surface area contributed by atoms with Crippen LogP contribution in [0.25, 0.3) is 0 Å². The Morgan fingerprint density at radius 2 is 2.43 bits per heavy atom. The molecule has 1 aromatic rings. The van der Waals surface area contributed by atoms with Crippen molar-refractivity contribution >= 4 is 0 Å². The molecule has 0 saturated heterocycles. The lowest BCUT2D eigenvalue weighted by molar-refractivity contribution is 0.181. The number of rotatable bonds is 3. The van der Waals surface area contributed by atoms with E-state index in [9.17, 15) is 5.11 Å². The van der Waals surface area contributed by atoms with Crippen molar-refractivity contribution in [2.24, 2.45) is 0 Å². The minimum absolute atomic E-state index is 0.456. The second-order valence-corrected chi connectivity index (χ2v) is 3.51. The highest BCUT2D eigenvalue weighted by Gasteiger charge is 2.14. The molecule has 0 saturated carbocycles. The summed E-state index contributed by atoms with van der Waals surface area (Å²) in [4.78, 5) is 0. The van der Waals surface area contributed by atoms with Crippen molar-refractivity contribution in [3.63, 3.8) is 0 Å². The van der Waals surface area contributed by atoms with E-state index in [1.54, 1.807) is 6.08 Å². The van der Waals surface area contributed by atoms with Crippen molar-refractivity contribution in [3.8, 4) is 5.75 Å². The third-order valence-electron chi connectivity index (χ3n) is 2.49. The van der Waals surface area contributed by atoms with Crippen molar-refractivity contribution in [2.45, 2.75) is 18.9 Å².